The molecule has 1 saturated carbocycles. The predicted molar refractivity (Wildman–Crippen MR) is 63.6 cm³/mol. The van der Waals surface area contributed by atoms with Crippen molar-refractivity contribution >= 4 is 17.8 Å². The first-order valence-electron chi connectivity index (χ1n) is 5.88. The first-order chi connectivity index (χ1) is 8.36. The van der Waals surface area contributed by atoms with Gasteiger partial charge in [0.05, 0.1) is 12.0 Å². The highest BCUT2D eigenvalue weighted by molar-refractivity contribution is 5.89. The summed E-state index contributed by atoms with van der Waals surface area (Å²) in [6.45, 7) is 1.11. The van der Waals surface area contributed by atoms with Gasteiger partial charge in [0.1, 0.15) is 6.54 Å². The van der Waals surface area contributed by atoms with Crippen molar-refractivity contribution in [2.24, 2.45) is 11.1 Å². The number of hydrogen-bond acceptors (Lipinski definition) is 4. The van der Waals surface area contributed by atoms with E-state index in [2.05, 4.69) is 10.6 Å². The molecule has 0 aromatic rings. The predicted octanol–water partition coefficient (Wildman–Crippen LogP) is -1.18. The Kier molecular flexibility index (Phi) is 4.66. The molecule has 1 rings (SSSR count). The molecule has 0 heterocycles. The quantitative estimate of drug-likeness (QED) is 0.494. The van der Waals surface area contributed by atoms with Gasteiger partial charge in [0, 0.05) is 6.04 Å². The first-order valence-corrected chi connectivity index (χ1v) is 5.88. The van der Waals surface area contributed by atoms with Crippen LogP contribution in [0.25, 0.3) is 0 Å². The van der Waals surface area contributed by atoms with Gasteiger partial charge >= 0.3 is 5.97 Å². The summed E-state index contributed by atoms with van der Waals surface area (Å²) in [6, 6.07) is -0.195. The van der Waals surface area contributed by atoms with E-state index in [0.717, 1.165) is 12.8 Å². The van der Waals surface area contributed by atoms with Crippen LogP contribution in [0.5, 0.6) is 0 Å². The first kappa shape index (κ1) is 14.4. The van der Waals surface area contributed by atoms with E-state index in [-0.39, 0.29) is 18.5 Å². The maximum absolute atomic E-state index is 11.9. The summed E-state index contributed by atoms with van der Waals surface area (Å²) in [6.07, 6.45) is 2.40. The summed E-state index contributed by atoms with van der Waals surface area (Å²) < 4.78 is 0. The highest BCUT2D eigenvalue weighted by Gasteiger charge is 2.42. The Hall–Kier alpha value is -1.63. The second-order valence-corrected chi connectivity index (χ2v) is 4.77. The van der Waals surface area contributed by atoms with E-state index in [1.54, 1.807) is 6.92 Å². The summed E-state index contributed by atoms with van der Waals surface area (Å²) in [5, 5.41) is 13.0. The van der Waals surface area contributed by atoms with E-state index >= 15 is 0 Å². The van der Waals surface area contributed by atoms with Crippen LogP contribution in [-0.2, 0) is 14.4 Å². The molecular weight excluding hydrogens is 238 g/mol. The van der Waals surface area contributed by atoms with Gasteiger partial charge in [-0.25, -0.2) is 0 Å². The van der Waals surface area contributed by atoms with Crippen molar-refractivity contribution in [1.82, 2.24) is 10.6 Å². The molecule has 2 unspecified atom stereocenters. The highest BCUT2D eigenvalue weighted by Crippen LogP contribution is 2.36. The van der Waals surface area contributed by atoms with E-state index in [0.29, 0.717) is 6.42 Å². The molecule has 18 heavy (non-hydrogen) atoms. The number of amides is 2. The summed E-state index contributed by atoms with van der Waals surface area (Å²) in [5.74, 6) is -1.90. The molecule has 0 aromatic heterocycles. The maximum Gasteiger partial charge on any atom is 0.322 e. The zero-order valence-electron chi connectivity index (χ0n) is 10.4. The zero-order valence-corrected chi connectivity index (χ0v) is 10.4. The number of carboxylic acid groups (broad SMARTS) is 1. The lowest BCUT2D eigenvalue weighted by Gasteiger charge is -2.27. The normalized spacial score (nSPS) is 26.7. The van der Waals surface area contributed by atoms with Crippen LogP contribution in [0, 0.1) is 5.41 Å². The van der Waals surface area contributed by atoms with Crippen LogP contribution in [0.2, 0.25) is 0 Å². The van der Waals surface area contributed by atoms with Crippen molar-refractivity contribution < 1.29 is 19.5 Å². The standard InChI is InChI=1S/C11H19N3O4/c1-11(4-2-3-7(11)12)10(18)14-5-8(15)13-6-9(16)17/h7H,2-6,12H2,1H3,(H,13,15)(H,14,18)(H,16,17). The van der Waals surface area contributed by atoms with Gasteiger partial charge in [-0.05, 0) is 19.8 Å². The number of rotatable bonds is 5. The number of nitrogens with two attached hydrogens (primary N) is 1. The molecule has 0 radical (unpaired) electrons. The summed E-state index contributed by atoms with van der Waals surface area (Å²) in [5.41, 5.74) is 5.25. The van der Waals surface area contributed by atoms with Crippen LogP contribution >= 0.6 is 0 Å². The zero-order chi connectivity index (χ0) is 13.8. The third-order valence-electron chi connectivity index (χ3n) is 3.39. The van der Waals surface area contributed by atoms with Gasteiger partial charge in [-0.15, -0.1) is 0 Å². The minimum atomic E-state index is -1.13. The molecule has 7 heteroatoms. The Morgan fingerprint density at radius 2 is 2.00 bits per heavy atom. The van der Waals surface area contributed by atoms with E-state index in [4.69, 9.17) is 10.8 Å². The van der Waals surface area contributed by atoms with Crippen molar-refractivity contribution in [3.05, 3.63) is 0 Å². The lowest BCUT2D eigenvalue weighted by Crippen LogP contribution is -2.49. The van der Waals surface area contributed by atoms with Gasteiger partial charge in [-0.1, -0.05) is 6.42 Å². The minimum absolute atomic E-state index is 0.195. The molecule has 0 saturated heterocycles. The van der Waals surface area contributed by atoms with Crippen LogP contribution < -0.4 is 16.4 Å². The van der Waals surface area contributed by atoms with Gasteiger partial charge in [0.25, 0.3) is 0 Å². The molecular formula is C11H19N3O4. The Bertz CT molecular complexity index is 358. The fourth-order valence-corrected chi connectivity index (χ4v) is 2.07. The van der Waals surface area contributed by atoms with Gasteiger partial charge < -0.3 is 21.5 Å². The highest BCUT2D eigenvalue weighted by atomic mass is 16.4. The third-order valence-corrected chi connectivity index (χ3v) is 3.39. The molecule has 2 atom stereocenters. The largest absolute Gasteiger partial charge is 0.480 e. The van der Waals surface area contributed by atoms with E-state index in [1.807, 2.05) is 0 Å². The number of hydrogen-bond donors (Lipinski definition) is 4. The monoisotopic (exact) mass is 257 g/mol. The van der Waals surface area contributed by atoms with Gasteiger partial charge in [0.15, 0.2) is 0 Å². The van der Waals surface area contributed by atoms with Crippen LogP contribution in [0.15, 0.2) is 0 Å². The van der Waals surface area contributed by atoms with Gasteiger partial charge in [-0.2, -0.15) is 0 Å². The topological polar surface area (TPSA) is 122 Å². The number of aliphatic carboxylic acids is 1. The number of carboxylic acids is 1. The molecule has 102 valence electrons. The van der Waals surface area contributed by atoms with Crippen LogP contribution in [0.3, 0.4) is 0 Å². The molecule has 1 fully saturated rings. The summed E-state index contributed by atoms with van der Waals surface area (Å²) in [4.78, 5) is 33.4. The van der Waals surface area contributed by atoms with Gasteiger partial charge in [0.2, 0.25) is 11.8 Å². The van der Waals surface area contributed by atoms with Gasteiger partial charge in [-0.3, -0.25) is 14.4 Å². The van der Waals surface area contributed by atoms with E-state index in [1.165, 1.54) is 0 Å². The van der Waals surface area contributed by atoms with E-state index < -0.39 is 23.8 Å². The molecule has 1 aliphatic carbocycles. The molecule has 2 amide bonds. The molecule has 0 aliphatic heterocycles. The molecule has 0 aromatic carbocycles. The third kappa shape index (κ3) is 3.43. The number of nitrogens with one attached hydrogen (secondary N) is 2. The van der Waals surface area contributed by atoms with Crippen molar-refractivity contribution in [3.8, 4) is 0 Å². The molecule has 1 aliphatic rings. The molecule has 5 N–H and O–H groups in total. The lowest BCUT2D eigenvalue weighted by molar-refractivity contribution is -0.138. The Labute approximate surface area is 105 Å². The van der Waals surface area contributed by atoms with E-state index in [9.17, 15) is 14.4 Å². The maximum atomic E-state index is 11.9. The summed E-state index contributed by atoms with van der Waals surface area (Å²) >= 11 is 0. The molecule has 0 bridgehead atoms. The number of carbonyl (C=O) groups excluding carboxylic acids is 2. The fourth-order valence-electron chi connectivity index (χ4n) is 2.07. The van der Waals surface area contributed by atoms with Crippen LogP contribution in [-0.4, -0.2) is 42.0 Å². The summed E-state index contributed by atoms with van der Waals surface area (Å²) in [7, 11) is 0. The average molecular weight is 257 g/mol. The van der Waals surface area contributed by atoms with Crippen LogP contribution in [0.1, 0.15) is 26.2 Å². The Balaban J connectivity index is 2.37. The Morgan fingerprint density at radius 3 is 2.50 bits per heavy atom. The fraction of sp³-hybridized carbons (Fsp3) is 0.727. The van der Waals surface area contributed by atoms with Crippen molar-refractivity contribution in [3.63, 3.8) is 0 Å². The smallest absolute Gasteiger partial charge is 0.322 e. The van der Waals surface area contributed by atoms with Crippen LogP contribution in [0.4, 0.5) is 0 Å². The molecule has 7 nitrogen and oxygen atoms in total. The second-order valence-electron chi connectivity index (χ2n) is 4.77. The SMILES string of the molecule is CC1(C(=O)NCC(=O)NCC(=O)O)CCCC1N. The van der Waals surface area contributed by atoms with Crippen molar-refractivity contribution in [2.75, 3.05) is 13.1 Å². The number of carbonyl (C=O) groups is 3. The average Bonchev–Trinajstić information content (AvgIpc) is 2.65. The minimum Gasteiger partial charge on any atom is -0.480 e. The second kappa shape index (κ2) is 5.81. The Morgan fingerprint density at radius 1 is 1.33 bits per heavy atom. The molecule has 0 spiro atoms. The lowest BCUT2D eigenvalue weighted by atomic mass is 9.84. The van der Waals surface area contributed by atoms with Crippen molar-refractivity contribution in [2.45, 2.75) is 32.2 Å². The van der Waals surface area contributed by atoms with Crippen molar-refractivity contribution in [1.29, 1.82) is 0 Å².